The minimum atomic E-state index is -3.07. The van der Waals surface area contributed by atoms with Crippen molar-refractivity contribution in [1.82, 2.24) is 9.78 Å². The van der Waals surface area contributed by atoms with Gasteiger partial charge in [0.05, 0.1) is 44.6 Å². The van der Waals surface area contributed by atoms with E-state index in [1.807, 2.05) is 0 Å². The third-order valence-electron chi connectivity index (χ3n) is 5.49. The lowest BCUT2D eigenvalue weighted by molar-refractivity contribution is -0.111. The molecule has 0 spiro atoms. The number of carbonyl (C=O) groups is 1. The second-order valence-corrected chi connectivity index (χ2v) is 10.8. The zero-order chi connectivity index (χ0) is 22.9. The molecule has 1 unspecified atom stereocenters. The molecule has 11 heteroatoms. The zero-order valence-electron chi connectivity index (χ0n) is 18.1. The molecule has 3 heterocycles. The van der Waals surface area contributed by atoms with Gasteiger partial charge in [-0.15, -0.1) is 0 Å². The van der Waals surface area contributed by atoms with Crippen LogP contribution in [0, 0.1) is 0 Å². The van der Waals surface area contributed by atoms with E-state index in [1.54, 1.807) is 34.7 Å². The van der Waals surface area contributed by atoms with E-state index >= 15 is 0 Å². The van der Waals surface area contributed by atoms with Crippen molar-refractivity contribution < 1.29 is 27.4 Å². The van der Waals surface area contributed by atoms with Gasteiger partial charge in [0.25, 0.3) is 0 Å². The number of fused-ring (bicyclic) bond motifs is 1. The van der Waals surface area contributed by atoms with Crippen LogP contribution in [-0.4, -0.2) is 56.9 Å². The van der Waals surface area contributed by atoms with E-state index in [0.717, 1.165) is 22.8 Å². The first-order valence-electron chi connectivity index (χ1n) is 10.0. The minimum absolute atomic E-state index is 0.0465. The summed E-state index contributed by atoms with van der Waals surface area (Å²) in [6.07, 6.45) is 3.56. The highest BCUT2D eigenvalue weighted by molar-refractivity contribution is 7.98. The zero-order valence-corrected chi connectivity index (χ0v) is 19.7. The molecule has 1 aromatic heterocycles. The maximum absolute atomic E-state index is 12.8. The van der Waals surface area contributed by atoms with E-state index < -0.39 is 9.84 Å². The molecule has 1 atom stereocenters. The summed E-state index contributed by atoms with van der Waals surface area (Å²) in [6.45, 7) is 0. The number of carbonyl (C=O) groups excluding carboxylic acids is 1. The molecule has 32 heavy (non-hydrogen) atoms. The summed E-state index contributed by atoms with van der Waals surface area (Å²) in [5.41, 5.74) is 2.57. The lowest BCUT2D eigenvalue weighted by Crippen LogP contribution is -2.19. The second kappa shape index (κ2) is 9.07. The van der Waals surface area contributed by atoms with Gasteiger partial charge in [0.1, 0.15) is 5.82 Å². The van der Waals surface area contributed by atoms with Gasteiger partial charge >= 0.3 is 0 Å². The number of nitrogens with one attached hydrogen (secondary N) is 1. The number of amides is 1. The standard InChI is InChI=1S/C21H25N3O6S2/c1-28-17-8-13(9-18(29-2)20(17)30-3)4-5-19(25)22-21-15-10-31-11-16(15)23-24(21)14-6-7-32(26,27)12-14/h4-5,8-9,14H,6-7,10-12H2,1-3H3,(H,22,25)/b5-4-. The number of anilines is 1. The Morgan fingerprint density at radius 3 is 2.50 bits per heavy atom. The predicted octanol–water partition coefficient (Wildman–Crippen LogP) is 2.67. The summed E-state index contributed by atoms with van der Waals surface area (Å²) in [6, 6.07) is 3.23. The molecular weight excluding hydrogens is 454 g/mol. The van der Waals surface area contributed by atoms with Crippen LogP contribution in [0.1, 0.15) is 29.3 Å². The number of rotatable bonds is 7. The lowest BCUT2D eigenvalue weighted by Gasteiger charge is -2.15. The molecule has 1 aromatic carbocycles. The van der Waals surface area contributed by atoms with E-state index in [-0.39, 0.29) is 23.5 Å². The molecule has 0 aliphatic carbocycles. The van der Waals surface area contributed by atoms with Gasteiger partial charge in [-0.3, -0.25) is 4.79 Å². The highest BCUT2D eigenvalue weighted by Gasteiger charge is 2.34. The number of nitrogens with zero attached hydrogens (tertiary/aromatic N) is 2. The van der Waals surface area contributed by atoms with Crippen molar-refractivity contribution in [2.75, 3.05) is 38.2 Å². The van der Waals surface area contributed by atoms with Crippen LogP contribution in [0.3, 0.4) is 0 Å². The number of hydrogen-bond acceptors (Lipinski definition) is 8. The van der Waals surface area contributed by atoms with Crippen molar-refractivity contribution in [3.8, 4) is 17.2 Å². The third kappa shape index (κ3) is 4.44. The van der Waals surface area contributed by atoms with Gasteiger partial charge in [-0.1, -0.05) is 0 Å². The quantitative estimate of drug-likeness (QED) is 0.604. The fourth-order valence-electron chi connectivity index (χ4n) is 3.93. The summed E-state index contributed by atoms with van der Waals surface area (Å²) in [4.78, 5) is 12.8. The first-order valence-corrected chi connectivity index (χ1v) is 13.0. The number of hydrogen-bond donors (Lipinski definition) is 1. The molecule has 0 radical (unpaired) electrons. The number of methoxy groups -OCH3 is 3. The van der Waals surface area contributed by atoms with Crippen LogP contribution in [0.15, 0.2) is 18.2 Å². The van der Waals surface area contributed by atoms with Gasteiger partial charge in [0, 0.05) is 23.1 Å². The fraction of sp³-hybridized carbons (Fsp3) is 0.429. The second-order valence-electron chi connectivity index (χ2n) is 7.55. The minimum Gasteiger partial charge on any atom is -0.493 e. The molecule has 1 fully saturated rings. The Morgan fingerprint density at radius 1 is 1.19 bits per heavy atom. The number of benzene rings is 1. The van der Waals surface area contributed by atoms with Crippen LogP contribution in [0.4, 0.5) is 5.82 Å². The fourth-order valence-corrected chi connectivity index (χ4v) is 6.65. The Balaban J connectivity index is 1.57. The Bertz CT molecular complexity index is 1150. The largest absolute Gasteiger partial charge is 0.493 e. The van der Waals surface area contributed by atoms with Crippen LogP contribution >= 0.6 is 11.8 Å². The molecule has 9 nitrogen and oxygen atoms in total. The van der Waals surface area contributed by atoms with Crippen molar-refractivity contribution in [2.24, 2.45) is 0 Å². The van der Waals surface area contributed by atoms with E-state index in [1.165, 1.54) is 27.4 Å². The summed E-state index contributed by atoms with van der Waals surface area (Å²) in [5, 5.41) is 7.54. The molecular formula is C21H25N3O6S2. The van der Waals surface area contributed by atoms with E-state index in [2.05, 4.69) is 10.4 Å². The monoisotopic (exact) mass is 479 g/mol. The van der Waals surface area contributed by atoms with Gasteiger partial charge in [-0.05, 0) is 30.2 Å². The Hall–Kier alpha value is -2.66. The maximum atomic E-state index is 12.8. The maximum Gasteiger partial charge on any atom is 0.249 e. The van der Waals surface area contributed by atoms with E-state index in [9.17, 15) is 13.2 Å². The smallest absolute Gasteiger partial charge is 0.249 e. The first kappa shape index (κ1) is 22.5. The number of thioether (sulfide) groups is 1. The van der Waals surface area contributed by atoms with E-state index in [0.29, 0.717) is 35.1 Å². The predicted molar refractivity (Wildman–Crippen MR) is 123 cm³/mol. The molecule has 0 bridgehead atoms. The molecule has 172 valence electrons. The molecule has 1 N–H and O–H groups in total. The first-order chi connectivity index (χ1) is 15.3. The average Bonchev–Trinajstić information content (AvgIpc) is 3.46. The van der Waals surface area contributed by atoms with Crippen LogP contribution in [0.2, 0.25) is 0 Å². The SMILES string of the molecule is COc1cc(/C=C\C(=O)Nc2c3c(nn2C2CCS(=O)(=O)C2)CSC3)cc(OC)c1OC. The lowest BCUT2D eigenvalue weighted by atomic mass is 10.1. The van der Waals surface area contributed by atoms with Crippen LogP contribution in [-0.2, 0) is 26.1 Å². The molecule has 1 amide bonds. The van der Waals surface area contributed by atoms with Gasteiger partial charge in [-0.2, -0.15) is 16.9 Å². The summed E-state index contributed by atoms with van der Waals surface area (Å²) in [5.74, 6) is 3.39. The van der Waals surface area contributed by atoms with Gasteiger partial charge < -0.3 is 19.5 Å². The summed E-state index contributed by atoms with van der Waals surface area (Å²) < 4.78 is 41.6. The summed E-state index contributed by atoms with van der Waals surface area (Å²) >= 11 is 1.72. The van der Waals surface area contributed by atoms with E-state index in [4.69, 9.17) is 14.2 Å². The highest BCUT2D eigenvalue weighted by atomic mass is 32.2. The van der Waals surface area contributed by atoms with Crippen molar-refractivity contribution in [2.45, 2.75) is 24.0 Å². The number of sulfone groups is 1. The van der Waals surface area contributed by atoms with Crippen molar-refractivity contribution >= 4 is 39.4 Å². The summed E-state index contributed by atoms with van der Waals surface area (Å²) in [7, 11) is 1.51. The Labute approximate surface area is 191 Å². The third-order valence-corrected chi connectivity index (χ3v) is 8.21. The number of ether oxygens (including phenoxy) is 3. The van der Waals surface area contributed by atoms with Crippen LogP contribution in [0.25, 0.3) is 6.08 Å². The van der Waals surface area contributed by atoms with Crippen LogP contribution in [0.5, 0.6) is 17.2 Å². The van der Waals surface area contributed by atoms with Gasteiger partial charge in [0.15, 0.2) is 21.3 Å². The molecule has 2 aliphatic heterocycles. The Kier molecular flexibility index (Phi) is 6.38. The molecule has 0 saturated carbocycles. The van der Waals surface area contributed by atoms with Gasteiger partial charge in [-0.25, -0.2) is 13.1 Å². The highest BCUT2D eigenvalue weighted by Crippen LogP contribution is 2.39. The topological polar surface area (TPSA) is 109 Å². The van der Waals surface area contributed by atoms with Crippen molar-refractivity contribution in [3.05, 3.63) is 35.0 Å². The van der Waals surface area contributed by atoms with Gasteiger partial charge in [0.2, 0.25) is 11.7 Å². The average molecular weight is 480 g/mol. The molecule has 1 saturated heterocycles. The Morgan fingerprint density at radius 2 is 1.91 bits per heavy atom. The van der Waals surface area contributed by atoms with Crippen molar-refractivity contribution in [1.29, 1.82) is 0 Å². The van der Waals surface area contributed by atoms with Crippen molar-refractivity contribution in [3.63, 3.8) is 0 Å². The molecule has 2 aromatic rings. The number of aromatic nitrogens is 2. The molecule has 4 rings (SSSR count). The molecule has 2 aliphatic rings. The van der Waals surface area contributed by atoms with Crippen LogP contribution < -0.4 is 19.5 Å². The normalized spacial score (nSPS) is 19.2.